The molecule has 1 aliphatic rings. The lowest BCUT2D eigenvalue weighted by atomic mass is 10.0. The van der Waals surface area contributed by atoms with Crippen LogP contribution in [0, 0.1) is 21.4 Å². The van der Waals surface area contributed by atoms with Gasteiger partial charge in [-0.15, -0.1) is 10.1 Å². The Kier molecular flexibility index (Phi) is 3.18. The molecule has 0 spiro atoms. The van der Waals surface area contributed by atoms with Gasteiger partial charge in [0.25, 0.3) is 5.09 Å². The standard InChI is InChI=1S/C12H13NO5/c14-11(15)12(8-18-13(16)17)7-10(12)6-9-4-2-1-3-5-9/h1-5,10H,6-8H2,(H,14,15). The predicted molar refractivity (Wildman–Crippen MR) is 61.3 cm³/mol. The Labute approximate surface area is 103 Å². The molecule has 0 aliphatic heterocycles. The minimum Gasteiger partial charge on any atom is -0.481 e. The first-order valence-corrected chi connectivity index (χ1v) is 5.59. The van der Waals surface area contributed by atoms with E-state index in [9.17, 15) is 14.9 Å². The third-order valence-electron chi connectivity index (χ3n) is 3.41. The third kappa shape index (κ3) is 2.42. The smallest absolute Gasteiger partial charge is 0.311 e. The van der Waals surface area contributed by atoms with Crippen LogP contribution in [-0.4, -0.2) is 22.8 Å². The molecule has 0 radical (unpaired) electrons. The van der Waals surface area contributed by atoms with Crippen molar-refractivity contribution in [2.24, 2.45) is 11.3 Å². The number of hydrogen-bond donors (Lipinski definition) is 1. The molecule has 18 heavy (non-hydrogen) atoms. The average Bonchev–Trinajstić information content (AvgIpc) is 3.03. The zero-order valence-corrected chi connectivity index (χ0v) is 9.61. The second kappa shape index (κ2) is 4.64. The first kappa shape index (κ1) is 12.3. The van der Waals surface area contributed by atoms with E-state index in [4.69, 9.17) is 5.11 Å². The van der Waals surface area contributed by atoms with Crippen molar-refractivity contribution in [3.63, 3.8) is 0 Å². The molecule has 6 heteroatoms. The highest BCUT2D eigenvalue weighted by molar-refractivity contribution is 5.79. The molecule has 2 rings (SSSR count). The second-order valence-corrected chi connectivity index (χ2v) is 4.55. The van der Waals surface area contributed by atoms with Crippen LogP contribution in [0.25, 0.3) is 0 Å². The van der Waals surface area contributed by atoms with E-state index >= 15 is 0 Å². The number of rotatable bonds is 6. The lowest BCUT2D eigenvalue weighted by molar-refractivity contribution is -0.759. The van der Waals surface area contributed by atoms with Crippen LogP contribution in [0.3, 0.4) is 0 Å². The molecule has 0 saturated heterocycles. The molecule has 1 fully saturated rings. The Bertz CT molecular complexity index is 461. The zero-order chi connectivity index (χ0) is 13.2. The maximum Gasteiger partial charge on any atom is 0.311 e. The van der Waals surface area contributed by atoms with E-state index < -0.39 is 16.5 Å². The molecule has 0 bridgehead atoms. The van der Waals surface area contributed by atoms with Crippen LogP contribution in [0.1, 0.15) is 12.0 Å². The summed E-state index contributed by atoms with van der Waals surface area (Å²) < 4.78 is 0. The van der Waals surface area contributed by atoms with Gasteiger partial charge in [-0.1, -0.05) is 30.3 Å². The van der Waals surface area contributed by atoms with Crippen LogP contribution in [0.5, 0.6) is 0 Å². The highest BCUT2D eigenvalue weighted by Gasteiger charge is 2.60. The number of aliphatic carboxylic acids is 1. The Balaban J connectivity index is 1.99. The fourth-order valence-corrected chi connectivity index (χ4v) is 2.22. The summed E-state index contributed by atoms with van der Waals surface area (Å²) in [5.74, 6) is -1.12. The maximum atomic E-state index is 11.2. The summed E-state index contributed by atoms with van der Waals surface area (Å²) in [5.41, 5.74) is -0.0603. The van der Waals surface area contributed by atoms with Gasteiger partial charge >= 0.3 is 5.97 Å². The lowest BCUT2D eigenvalue weighted by Gasteiger charge is -2.10. The van der Waals surface area contributed by atoms with E-state index in [2.05, 4.69) is 4.84 Å². The maximum absolute atomic E-state index is 11.2. The van der Waals surface area contributed by atoms with Gasteiger partial charge in [-0.3, -0.25) is 4.79 Å². The average molecular weight is 251 g/mol. The van der Waals surface area contributed by atoms with Crippen molar-refractivity contribution in [3.05, 3.63) is 46.0 Å². The summed E-state index contributed by atoms with van der Waals surface area (Å²) in [7, 11) is 0. The van der Waals surface area contributed by atoms with Crippen molar-refractivity contribution >= 4 is 5.97 Å². The fourth-order valence-electron chi connectivity index (χ4n) is 2.22. The Morgan fingerprint density at radius 3 is 2.72 bits per heavy atom. The number of hydrogen-bond acceptors (Lipinski definition) is 4. The molecule has 2 unspecified atom stereocenters. The quantitative estimate of drug-likeness (QED) is 0.611. The topological polar surface area (TPSA) is 89.7 Å². The number of carboxylic acid groups (broad SMARTS) is 1. The molecular formula is C12H13NO5. The van der Waals surface area contributed by atoms with E-state index in [0.29, 0.717) is 12.8 Å². The first-order valence-electron chi connectivity index (χ1n) is 5.59. The van der Waals surface area contributed by atoms with Gasteiger partial charge in [-0.25, -0.2) is 0 Å². The van der Waals surface area contributed by atoms with Crippen LogP contribution >= 0.6 is 0 Å². The Morgan fingerprint density at radius 2 is 2.17 bits per heavy atom. The fraction of sp³-hybridized carbons (Fsp3) is 0.417. The van der Waals surface area contributed by atoms with Crippen molar-refractivity contribution in [2.75, 3.05) is 6.61 Å². The number of carboxylic acids is 1. The summed E-state index contributed by atoms with van der Waals surface area (Å²) in [6.07, 6.45) is 1.03. The predicted octanol–water partition coefficient (Wildman–Crippen LogP) is 1.53. The molecule has 1 N–H and O–H groups in total. The molecule has 0 heterocycles. The first-order chi connectivity index (χ1) is 8.54. The van der Waals surface area contributed by atoms with E-state index in [1.165, 1.54) is 0 Å². The van der Waals surface area contributed by atoms with Crippen molar-refractivity contribution in [2.45, 2.75) is 12.8 Å². The number of nitrogens with zero attached hydrogens (tertiary/aromatic N) is 1. The molecule has 1 aromatic rings. The molecule has 6 nitrogen and oxygen atoms in total. The second-order valence-electron chi connectivity index (χ2n) is 4.55. The van der Waals surface area contributed by atoms with Gasteiger partial charge in [0.05, 0.1) is 5.41 Å². The number of carbonyl (C=O) groups is 1. The van der Waals surface area contributed by atoms with Crippen LogP contribution < -0.4 is 0 Å². The lowest BCUT2D eigenvalue weighted by Crippen LogP contribution is -2.25. The van der Waals surface area contributed by atoms with Crippen molar-refractivity contribution < 1.29 is 19.8 Å². The largest absolute Gasteiger partial charge is 0.481 e. The zero-order valence-electron chi connectivity index (χ0n) is 9.61. The van der Waals surface area contributed by atoms with Gasteiger partial charge in [-0.2, -0.15) is 0 Å². The van der Waals surface area contributed by atoms with Crippen LogP contribution in [0.15, 0.2) is 30.3 Å². The highest BCUT2D eigenvalue weighted by atomic mass is 16.9. The van der Waals surface area contributed by atoms with Crippen LogP contribution in [-0.2, 0) is 16.1 Å². The number of benzene rings is 1. The van der Waals surface area contributed by atoms with Crippen molar-refractivity contribution in [1.82, 2.24) is 0 Å². The van der Waals surface area contributed by atoms with E-state index in [-0.39, 0.29) is 12.5 Å². The van der Waals surface area contributed by atoms with Crippen molar-refractivity contribution in [3.8, 4) is 0 Å². The summed E-state index contributed by atoms with van der Waals surface area (Å²) in [6.45, 7) is -0.368. The van der Waals surface area contributed by atoms with Gasteiger partial charge in [0.1, 0.15) is 6.61 Å². The molecule has 0 aromatic heterocycles. The molecular weight excluding hydrogens is 238 g/mol. The minimum absolute atomic E-state index is 0.0997. The summed E-state index contributed by atoms with van der Waals surface area (Å²) >= 11 is 0. The Morgan fingerprint density at radius 1 is 1.50 bits per heavy atom. The molecule has 1 aromatic carbocycles. The van der Waals surface area contributed by atoms with Gasteiger partial charge in [0.15, 0.2) is 0 Å². The molecule has 1 aliphatic carbocycles. The third-order valence-corrected chi connectivity index (χ3v) is 3.41. The highest BCUT2D eigenvalue weighted by Crippen LogP contribution is 2.54. The minimum atomic E-state index is -1.09. The summed E-state index contributed by atoms with van der Waals surface area (Å²) in [4.78, 5) is 25.6. The van der Waals surface area contributed by atoms with Gasteiger partial charge in [0, 0.05) is 0 Å². The van der Waals surface area contributed by atoms with Crippen molar-refractivity contribution in [1.29, 1.82) is 0 Å². The summed E-state index contributed by atoms with van der Waals surface area (Å²) in [5, 5.41) is 18.4. The Hall–Kier alpha value is -2.11. The molecule has 2 atom stereocenters. The van der Waals surface area contributed by atoms with Gasteiger partial charge in [0.2, 0.25) is 0 Å². The monoisotopic (exact) mass is 251 g/mol. The molecule has 1 saturated carbocycles. The van der Waals surface area contributed by atoms with E-state index in [0.717, 1.165) is 5.56 Å². The normalized spacial score (nSPS) is 25.4. The van der Waals surface area contributed by atoms with Crippen LogP contribution in [0.4, 0.5) is 0 Å². The molecule has 0 amide bonds. The van der Waals surface area contributed by atoms with Gasteiger partial charge in [-0.05, 0) is 24.3 Å². The van der Waals surface area contributed by atoms with Gasteiger partial charge < -0.3 is 9.94 Å². The van der Waals surface area contributed by atoms with E-state index in [1.807, 2.05) is 30.3 Å². The SMILES string of the molecule is O=C(O)C1(CO[N+](=O)[O-])CC1Cc1ccccc1. The molecule has 96 valence electrons. The van der Waals surface area contributed by atoms with E-state index in [1.54, 1.807) is 0 Å². The summed E-state index contributed by atoms with van der Waals surface area (Å²) in [6, 6.07) is 9.48. The van der Waals surface area contributed by atoms with Crippen LogP contribution in [0.2, 0.25) is 0 Å².